The van der Waals surface area contributed by atoms with E-state index in [-0.39, 0.29) is 5.91 Å². The number of benzene rings is 2. The quantitative estimate of drug-likeness (QED) is 0.227. The molecule has 0 fully saturated rings. The van der Waals surface area contributed by atoms with Gasteiger partial charge in [0, 0.05) is 56.2 Å². The summed E-state index contributed by atoms with van der Waals surface area (Å²) in [6, 6.07) is 11.8. The molecule has 0 bridgehead atoms. The molecular formula is C33H39N7O4. The summed E-state index contributed by atoms with van der Waals surface area (Å²) in [5, 5.41) is 7.33. The van der Waals surface area contributed by atoms with Gasteiger partial charge in [0.2, 0.25) is 11.9 Å². The summed E-state index contributed by atoms with van der Waals surface area (Å²) in [6.45, 7) is 13.4. The summed E-state index contributed by atoms with van der Waals surface area (Å²) >= 11 is 0. The molecule has 1 aliphatic heterocycles. The fourth-order valence-electron chi connectivity index (χ4n) is 5.04. The van der Waals surface area contributed by atoms with Crippen molar-refractivity contribution in [2.45, 2.75) is 39.8 Å². The number of amides is 2. The Morgan fingerprint density at radius 3 is 2.70 bits per heavy atom. The molecule has 2 amide bonds. The largest absolute Gasteiger partial charge is 0.490 e. The smallest absolute Gasteiger partial charge is 0.410 e. The van der Waals surface area contributed by atoms with Gasteiger partial charge in [0.25, 0.3) is 0 Å². The van der Waals surface area contributed by atoms with Crippen molar-refractivity contribution >= 4 is 45.9 Å². The lowest BCUT2D eigenvalue weighted by Gasteiger charge is -2.28. The lowest BCUT2D eigenvalue weighted by atomic mass is 10.1. The zero-order valence-electron chi connectivity index (χ0n) is 26.1. The Bertz CT molecular complexity index is 1720. The second kappa shape index (κ2) is 12.3. The van der Waals surface area contributed by atoms with Crippen LogP contribution in [0.25, 0.3) is 22.2 Å². The summed E-state index contributed by atoms with van der Waals surface area (Å²) < 4.78 is 13.5. The average molecular weight is 598 g/mol. The first-order valence-corrected chi connectivity index (χ1v) is 14.5. The van der Waals surface area contributed by atoms with Crippen molar-refractivity contribution in [3.63, 3.8) is 0 Å². The van der Waals surface area contributed by atoms with Gasteiger partial charge in [0.1, 0.15) is 18.0 Å². The molecule has 0 atom stereocenters. The Labute approximate surface area is 257 Å². The maximum absolute atomic E-state index is 12.4. The van der Waals surface area contributed by atoms with Gasteiger partial charge in [-0.05, 0) is 63.6 Å². The first kappa shape index (κ1) is 30.4. The van der Waals surface area contributed by atoms with Gasteiger partial charge >= 0.3 is 6.09 Å². The topological polar surface area (TPSA) is 114 Å². The van der Waals surface area contributed by atoms with Crippen molar-refractivity contribution in [1.29, 1.82) is 0 Å². The van der Waals surface area contributed by atoms with E-state index in [0.29, 0.717) is 31.3 Å². The Morgan fingerprint density at radius 2 is 1.95 bits per heavy atom. The van der Waals surface area contributed by atoms with Crippen LogP contribution in [0.2, 0.25) is 0 Å². The van der Waals surface area contributed by atoms with Gasteiger partial charge < -0.3 is 34.5 Å². The number of likely N-dealkylation sites (N-methyl/N-ethyl adjacent to an activating group) is 2. The van der Waals surface area contributed by atoms with Crippen LogP contribution >= 0.6 is 0 Å². The van der Waals surface area contributed by atoms with Crippen molar-refractivity contribution < 1.29 is 19.1 Å². The van der Waals surface area contributed by atoms with Crippen LogP contribution < -0.4 is 20.3 Å². The minimum atomic E-state index is -0.576. The Hall–Kier alpha value is -5.06. The lowest BCUT2D eigenvalue weighted by Crippen LogP contribution is -2.38. The van der Waals surface area contributed by atoms with Crippen molar-refractivity contribution in [1.82, 2.24) is 19.4 Å². The number of carbonyl (C=O) groups is 2. The summed E-state index contributed by atoms with van der Waals surface area (Å²) in [5.41, 5.74) is 5.30. The van der Waals surface area contributed by atoms with Crippen LogP contribution in [0.4, 0.5) is 27.8 Å². The van der Waals surface area contributed by atoms with Crippen molar-refractivity contribution in [2.75, 3.05) is 49.3 Å². The molecule has 0 spiro atoms. The number of hydrogen-bond acceptors (Lipinski definition) is 8. The molecule has 0 radical (unpaired) electrons. The molecule has 44 heavy (non-hydrogen) atoms. The average Bonchev–Trinajstić information content (AvgIpc) is 3.37. The molecule has 3 heterocycles. The first-order valence-electron chi connectivity index (χ1n) is 14.5. The molecule has 1 aliphatic rings. The fourth-order valence-corrected chi connectivity index (χ4v) is 5.04. The van der Waals surface area contributed by atoms with E-state index in [1.165, 1.54) is 11.0 Å². The number of aromatic nitrogens is 3. The standard InChI is InChI=1S/C33H39N7O4/c1-8-29(41)35-26-19-25(21(2)18-27(26)38(6)14-15-39(7)32(42)44-33(3,4)5)37-31-34-13-12-24(36-31)23-20-40-16-17-43-28-11-9-10-22(23)30(28)40/h8-13,18-20H,1,14-17H2,2-7H3,(H,35,41)(H,34,36,37). The number of anilines is 4. The second-order valence-corrected chi connectivity index (χ2v) is 11.8. The van der Waals surface area contributed by atoms with Crippen LogP contribution in [0.1, 0.15) is 26.3 Å². The number of nitrogens with one attached hydrogen (secondary N) is 2. The highest BCUT2D eigenvalue weighted by molar-refractivity contribution is 6.02. The number of hydrogen-bond donors (Lipinski definition) is 2. The highest BCUT2D eigenvalue weighted by Gasteiger charge is 2.21. The van der Waals surface area contributed by atoms with E-state index in [9.17, 15) is 9.59 Å². The van der Waals surface area contributed by atoms with Crippen LogP contribution in [0, 0.1) is 6.92 Å². The molecule has 4 aromatic rings. The number of para-hydroxylation sites is 1. The molecule has 2 aromatic carbocycles. The molecular weight excluding hydrogens is 558 g/mol. The van der Waals surface area contributed by atoms with Gasteiger partial charge in [-0.15, -0.1) is 0 Å². The monoisotopic (exact) mass is 597 g/mol. The minimum Gasteiger partial charge on any atom is -0.490 e. The van der Waals surface area contributed by atoms with Gasteiger partial charge in [-0.2, -0.15) is 0 Å². The van der Waals surface area contributed by atoms with Crippen molar-refractivity contribution in [3.8, 4) is 17.0 Å². The maximum Gasteiger partial charge on any atom is 0.410 e. The van der Waals surface area contributed by atoms with Crippen LogP contribution in [0.3, 0.4) is 0 Å². The highest BCUT2D eigenvalue weighted by atomic mass is 16.6. The second-order valence-electron chi connectivity index (χ2n) is 11.8. The van der Waals surface area contributed by atoms with E-state index >= 15 is 0 Å². The number of ether oxygens (including phenoxy) is 2. The van der Waals surface area contributed by atoms with Crippen LogP contribution in [-0.2, 0) is 16.1 Å². The highest BCUT2D eigenvalue weighted by Crippen LogP contribution is 2.37. The molecule has 230 valence electrons. The molecule has 2 aromatic heterocycles. The first-order chi connectivity index (χ1) is 20.9. The molecule has 2 N–H and O–H groups in total. The summed E-state index contributed by atoms with van der Waals surface area (Å²) in [7, 11) is 3.61. The van der Waals surface area contributed by atoms with E-state index in [4.69, 9.17) is 14.5 Å². The number of rotatable bonds is 9. The van der Waals surface area contributed by atoms with E-state index in [1.807, 2.05) is 70.0 Å². The van der Waals surface area contributed by atoms with Crippen molar-refractivity contribution in [3.05, 3.63) is 67.0 Å². The van der Waals surface area contributed by atoms with E-state index in [2.05, 4.69) is 39.0 Å². The fraction of sp³-hybridized carbons (Fsp3) is 0.333. The minimum absolute atomic E-state index is 0.337. The molecule has 0 saturated carbocycles. The zero-order valence-corrected chi connectivity index (χ0v) is 26.1. The number of carbonyl (C=O) groups excluding carboxylic acids is 2. The van der Waals surface area contributed by atoms with Gasteiger partial charge in [0.05, 0.1) is 29.1 Å². The van der Waals surface area contributed by atoms with Gasteiger partial charge in [-0.1, -0.05) is 18.7 Å². The van der Waals surface area contributed by atoms with Gasteiger partial charge in [-0.3, -0.25) is 4.79 Å². The van der Waals surface area contributed by atoms with Crippen molar-refractivity contribution in [2.24, 2.45) is 0 Å². The molecule has 11 nitrogen and oxygen atoms in total. The predicted molar refractivity (Wildman–Crippen MR) is 174 cm³/mol. The molecule has 5 rings (SSSR count). The summed E-state index contributed by atoms with van der Waals surface area (Å²) in [4.78, 5) is 37.7. The van der Waals surface area contributed by atoms with E-state index in [1.54, 1.807) is 13.2 Å². The molecule has 0 aliphatic carbocycles. The predicted octanol–water partition coefficient (Wildman–Crippen LogP) is 5.97. The zero-order chi connectivity index (χ0) is 31.6. The number of nitrogens with zero attached hydrogens (tertiary/aromatic N) is 5. The third-order valence-corrected chi connectivity index (χ3v) is 7.30. The van der Waals surface area contributed by atoms with Crippen LogP contribution in [-0.4, -0.2) is 70.8 Å². The SMILES string of the molecule is C=CC(=O)Nc1cc(Nc2nccc(-c3cn4c5c(cccc35)OCC4)n2)c(C)cc1N(C)CCN(C)C(=O)OC(C)(C)C. The Kier molecular flexibility index (Phi) is 8.48. The van der Waals surface area contributed by atoms with E-state index in [0.717, 1.165) is 51.4 Å². The maximum atomic E-state index is 12.4. The summed E-state index contributed by atoms with van der Waals surface area (Å²) in [6.07, 6.45) is 4.67. The van der Waals surface area contributed by atoms with Crippen LogP contribution in [0.15, 0.2) is 61.4 Å². The molecule has 0 unspecified atom stereocenters. The third-order valence-electron chi connectivity index (χ3n) is 7.30. The van der Waals surface area contributed by atoms with Crippen LogP contribution in [0.5, 0.6) is 5.75 Å². The Morgan fingerprint density at radius 1 is 1.16 bits per heavy atom. The number of aryl methyl sites for hydroxylation is 1. The van der Waals surface area contributed by atoms with Gasteiger partial charge in [0.15, 0.2) is 0 Å². The Balaban J connectivity index is 1.39. The van der Waals surface area contributed by atoms with Gasteiger partial charge in [-0.25, -0.2) is 14.8 Å². The lowest BCUT2D eigenvalue weighted by molar-refractivity contribution is -0.111. The third kappa shape index (κ3) is 6.61. The molecule has 0 saturated heterocycles. The van der Waals surface area contributed by atoms with E-state index < -0.39 is 11.7 Å². The normalized spacial score (nSPS) is 12.3. The molecule has 11 heteroatoms. The summed E-state index contributed by atoms with van der Waals surface area (Å²) in [5.74, 6) is 0.962.